The second-order valence-corrected chi connectivity index (χ2v) is 7.56. The first kappa shape index (κ1) is 25.6. The molecule has 8 nitrogen and oxygen atoms in total. The average molecular weight is 455 g/mol. The molecule has 0 fully saturated rings. The Balaban J connectivity index is 2.13. The molecule has 0 heterocycles. The maximum Gasteiger partial charge on any atom is 0.408 e. The molecule has 0 spiro atoms. The zero-order valence-electron chi connectivity index (χ0n) is 19.0. The number of aliphatic hydroxyl groups is 1. The van der Waals surface area contributed by atoms with Gasteiger partial charge in [-0.2, -0.15) is 0 Å². The van der Waals surface area contributed by atoms with Crippen LogP contribution in [0.5, 0.6) is 0 Å². The molecule has 3 atom stereocenters. The van der Waals surface area contributed by atoms with Crippen LogP contribution in [0, 0.1) is 5.92 Å². The van der Waals surface area contributed by atoms with Crippen LogP contribution in [-0.4, -0.2) is 42.8 Å². The maximum atomic E-state index is 12.4. The van der Waals surface area contributed by atoms with E-state index in [2.05, 4.69) is 10.6 Å². The van der Waals surface area contributed by atoms with E-state index in [0.717, 1.165) is 5.56 Å². The smallest absolute Gasteiger partial charge is 0.408 e. The van der Waals surface area contributed by atoms with Crippen LogP contribution in [0.25, 0.3) is 0 Å². The SMILES string of the molecule is COC(=O)c1ccc(C(/C=C/[C@@H](C)C(=O)N[C@H](C)CO)NC(=O)OCc2ccccc2)cc1. The maximum absolute atomic E-state index is 12.4. The molecule has 0 radical (unpaired) electrons. The number of aliphatic hydroxyl groups excluding tert-OH is 1. The number of amides is 2. The third-order valence-electron chi connectivity index (χ3n) is 4.85. The summed E-state index contributed by atoms with van der Waals surface area (Å²) in [5, 5.41) is 14.6. The summed E-state index contributed by atoms with van der Waals surface area (Å²) in [5.74, 6) is -1.22. The highest BCUT2D eigenvalue weighted by Gasteiger charge is 2.17. The second-order valence-electron chi connectivity index (χ2n) is 7.56. The number of nitrogens with one attached hydrogen (secondary N) is 2. The molecule has 176 valence electrons. The van der Waals surface area contributed by atoms with Crippen LogP contribution >= 0.6 is 0 Å². The summed E-state index contributed by atoms with van der Waals surface area (Å²) in [4.78, 5) is 36.4. The summed E-state index contributed by atoms with van der Waals surface area (Å²) in [7, 11) is 1.30. The fourth-order valence-corrected chi connectivity index (χ4v) is 2.86. The molecule has 2 aromatic carbocycles. The highest BCUT2D eigenvalue weighted by atomic mass is 16.5. The molecule has 0 bridgehead atoms. The lowest BCUT2D eigenvalue weighted by molar-refractivity contribution is -0.124. The number of esters is 1. The molecule has 1 unspecified atom stereocenters. The molecular weight excluding hydrogens is 424 g/mol. The van der Waals surface area contributed by atoms with Crippen molar-refractivity contribution in [1.82, 2.24) is 10.6 Å². The summed E-state index contributed by atoms with van der Waals surface area (Å²) in [6.45, 7) is 3.36. The van der Waals surface area contributed by atoms with Gasteiger partial charge in [0.25, 0.3) is 0 Å². The molecule has 0 saturated heterocycles. The Hall–Kier alpha value is -3.65. The molecular formula is C25H30N2O6. The van der Waals surface area contributed by atoms with Crippen molar-refractivity contribution in [3.8, 4) is 0 Å². The second kappa shape index (κ2) is 13.0. The van der Waals surface area contributed by atoms with Gasteiger partial charge >= 0.3 is 12.1 Å². The minimum Gasteiger partial charge on any atom is -0.465 e. The van der Waals surface area contributed by atoms with Gasteiger partial charge in [-0.15, -0.1) is 0 Å². The lowest BCUT2D eigenvalue weighted by Crippen LogP contribution is -2.38. The summed E-state index contributed by atoms with van der Waals surface area (Å²) in [6, 6.07) is 14.9. The Bertz CT molecular complexity index is 943. The Morgan fingerprint density at radius 2 is 1.64 bits per heavy atom. The number of benzene rings is 2. The van der Waals surface area contributed by atoms with Crippen LogP contribution in [-0.2, 0) is 20.9 Å². The number of ether oxygens (including phenoxy) is 2. The number of hydrogen-bond donors (Lipinski definition) is 3. The largest absolute Gasteiger partial charge is 0.465 e. The van der Waals surface area contributed by atoms with Crippen molar-refractivity contribution in [2.75, 3.05) is 13.7 Å². The summed E-state index contributed by atoms with van der Waals surface area (Å²) in [5.41, 5.74) is 1.92. The Kier molecular flexibility index (Phi) is 10.1. The Morgan fingerprint density at radius 3 is 2.24 bits per heavy atom. The van der Waals surface area contributed by atoms with Crippen LogP contribution in [0.1, 0.15) is 41.4 Å². The van der Waals surface area contributed by atoms with Crippen LogP contribution in [0.4, 0.5) is 4.79 Å². The van der Waals surface area contributed by atoms with Crippen molar-refractivity contribution >= 4 is 18.0 Å². The minimum absolute atomic E-state index is 0.113. The highest BCUT2D eigenvalue weighted by Crippen LogP contribution is 2.18. The van der Waals surface area contributed by atoms with Gasteiger partial charge < -0.3 is 25.2 Å². The number of carbonyl (C=O) groups is 3. The number of hydrogen-bond acceptors (Lipinski definition) is 6. The van der Waals surface area contributed by atoms with Crippen LogP contribution in [0.3, 0.4) is 0 Å². The summed E-state index contributed by atoms with van der Waals surface area (Å²) < 4.78 is 10.0. The molecule has 2 aromatic rings. The number of rotatable bonds is 10. The topological polar surface area (TPSA) is 114 Å². The fraction of sp³-hybridized carbons (Fsp3) is 0.320. The number of carbonyl (C=O) groups excluding carboxylic acids is 3. The average Bonchev–Trinajstić information content (AvgIpc) is 2.85. The van der Waals surface area contributed by atoms with E-state index in [0.29, 0.717) is 11.1 Å². The van der Waals surface area contributed by atoms with E-state index in [-0.39, 0.29) is 25.2 Å². The van der Waals surface area contributed by atoms with E-state index in [9.17, 15) is 14.4 Å². The van der Waals surface area contributed by atoms with Crippen molar-refractivity contribution in [2.24, 2.45) is 5.92 Å². The monoisotopic (exact) mass is 454 g/mol. The Morgan fingerprint density at radius 1 is 0.970 bits per heavy atom. The van der Waals surface area contributed by atoms with Gasteiger partial charge in [0.15, 0.2) is 0 Å². The van der Waals surface area contributed by atoms with Crippen LogP contribution < -0.4 is 10.6 Å². The van der Waals surface area contributed by atoms with E-state index < -0.39 is 24.0 Å². The van der Waals surface area contributed by atoms with E-state index in [1.165, 1.54) is 7.11 Å². The van der Waals surface area contributed by atoms with Crippen LogP contribution in [0.15, 0.2) is 66.7 Å². The predicted molar refractivity (Wildman–Crippen MR) is 123 cm³/mol. The van der Waals surface area contributed by atoms with Crippen molar-refractivity contribution in [3.63, 3.8) is 0 Å². The van der Waals surface area contributed by atoms with Gasteiger partial charge in [0.1, 0.15) is 6.61 Å². The first-order valence-electron chi connectivity index (χ1n) is 10.6. The van der Waals surface area contributed by atoms with Gasteiger partial charge in [-0.1, -0.05) is 61.5 Å². The van der Waals surface area contributed by atoms with Crippen molar-refractivity contribution < 1.29 is 29.0 Å². The quantitative estimate of drug-likeness (QED) is 0.375. The molecule has 0 aliphatic heterocycles. The summed E-state index contributed by atoms with van der Waals surface area (Å²) >= 11 is 0. The lowest BCUT2D eigenvalue weighted by Gasteiger charge is -2.18. The molecule has 0 saturated carbocycles. The molecule has 3 N–H and O–H groups in total. The van der Waals surface area contributed by atoms with E-state index >= 15 is 0 Å². The van der Waals surface area contributed by atoms with Crippen LogP contribution in [0.2, 0.25) is 0 Å². The van der Waals surface area contributed by atoms with E-state index in [1.54, 1.807) is 50.3 Å². The van der Waals surface area contributed by atoms with Gasteiger partial charge in [-0.3, -0.25) is 4.79 Å². The first-order chi connectivity index (χ1) is 15.8. The molecule has 0 aliphatic carbocycles. The van der Waals surface area contributed by atoms with Gasteiger partial charge in [-0.25, -0.2) is 9.59 Å². The van der Waals surface area contributed by atoms with Crippen molar-refractivity contribution in [3.05, 3.63) is 83.4 Å². The fourth-order valence-electron chi connectivity index (χ4n) is 2.86. The normalized spacial score (nSPS) is 13.6. The molecule has 33 heavy (non-hydrogen) atoms. The van der Waals surface area contributed by atoms with Crippen molar-refractivity contribution in [1.29, 1.82) is 0 Å². The molecule has 8 heteroatoms. The van der Waals surface area contributed by atoms with E-state index in [4.69, 9.17) is 14.6 Å². The van der Waals surface area contributed by atoms with Gasteiger partial charge in [-0.05, 0) is 30.2 Å². The van der Waals surface area contributed by atoms with Gasteiger partial charge in [0.05, 0.1) is 31.2 Å². The summed E-state index contributed by atoms with van der Waals surface area (Å²) in [6.07, 6.45) is 2.72. The van der Waals surface area contributed by atoms with Gasteiger partial charge in [0, 0.05) is 6.04 Å². The third-order valence-corrected chi connectivity index (χ3v) is 4.85. The zero-order chi connectivity index (χ0) is 24.2. The Labute approximate surface area is 193 Å². The number of alkyl carbamates (subject to hydrolysis) is 1. The standard InChI is InChI=1S/C25H30N2O6/c1-17(23(29)26-18(2)15-28)9-14-22(20-10-12-21(13-11-20)24(30)32-3)27-25(31)33-16-19-7-5-4-6-8-19/h4-14,17-18,22,28H,15-16H2,1-3H3,(H,26,29)(H,27,31)/b14-9+/t17-,18-,22?/m1/s1. The first-order valence-corrected chi connectivity index (χ1v) is 10.6. The molecule has 0 aliphatic rings. The molecule has 2 rings (SSSR count). The lowest BCUT2D eigenvalue weighted by atomic mass is 10.0. The van der Waals surface area contributed by atoms with E-state index in [1.807, 2.05) is 30.3 Å². The minimum atomic E-state index is -0.628. The van der Waals surface area contributed by atoms with Crippen molar-refractivity contribution in [2.45, 2.75) is 32.5 Å². The molecule has 2 amide bonds. The number of methoxy groups -OCH3 is 1. The zero-order valence-corrected chi connectivity index (χ0v) is 19.0. The molecule has 0 aromatic heterocycles. The third kappa shape index (κ3) is 8.42. The predicted octanol–water partition coefficient (Wildman–Crippen LogP) is 3.13. The highest BCUT2D eigenvalue weighted by molar-refractivity contribution is 5.89. The van der Waals surface area contributed by atoms with Gasteiger partial charge in [0.2, 0.25) is 5.91 Å².